The predicted molar refractivity (Wildman–Crippen MR) is 198 cm³/mol. The van der Waals surface area contributed by atoms with Gasteiger partial charge in [0, 0.05) is 35.4 Å². The SMILES string of the molecule is CC(C)(COP(=O)(O)OP(=O)(O)OCC1OC(n2cnc3c(N)ncnc32)C(O)C1OP(=O)(O)O)C(O)C(=O)NCCC(=O)NCCSC(=O)[C@H](N)C(C)(C)S. The van der Waals surface area contributed by atoms with Gasteiger partial charge >= 0.3 is 23.5 Å². The van der Waals surface area contributed by atoms with E-state index in [0.29, 0.717) is 0 Å². The van der Waals surface area contributed by atoms with Crippen molar-refractivity contribution in [3.63, 3.8) is 0 Å². The quantitative estimate of drug-likeness (QED) is 0.0394. The zero-order chi connectivity index (χ0) is 42.4. The number of rotatable bonds is 21. The van der Waals surface area contributed by atoms with Crippen LogP contribution in [-0.4, -0.2) is 133 Å². The third-order valence-electron chi connectivity index (χ3n) is 7.76. The maximum atomic E-state index is 12.7. The standard InChI is InChI=1S/C26H45N8O17P3S2/c1-25(2,19(37)22(38)30-6-5-14(35)29-7-8-56-24(39)18(27)26(3,4)55)10-48-54(45,46)51-53(43,44)47-9-13-17(50-52(40,41)42)16(36)23(49-13)34-12-33-15-20(28)31-11-32-21(15)34/h11-13,16-19,23,36-37,55H,5-10,27H2,1-4H3,(H,29,35)(H,30,38)(H,43,44)(H,45,46)(H2,28,31,32)(H2,40,41,42)/t13?,16?,17?,18-,19?,23?/m0/s1. The molecule has 12 N–H and O–H groups in total. The number of phosphoric ester groups is 3. The lowest BCUT2D eigenvalue weighted by atomic mass is 9.87. The number of carbonyl (C=O) groups is 3. The Morgan fingerprint density at radius 1 is 1.05 bits per heavy atom. The van der Waals surface area contributed by atoms with Gasteiger partial charge in [0.15, 0.2) is 17.7 Å². The van der Waals surface area contributed by atoms with E-state index in [9.17, 15) is 57.9 Å². The minimum atomic E-state index is -5.58. The molecule has 8 atom stereocenters. The van der Waals surface area contributed by atoms with Crippen molar-refractivity contribution in [3.8, 4) is 0 Å². The van der Waals surface area contributed by atoms with E-state index >= 15 is 0 Å². The third kappa shape index (κ3) is 14.0. The van der Waals surface area contributed by atoms with Gasteiger partial charge in [-0.15, -0.1) is 0 Å². The monoisotopic (exact) mass is 898 g/mol. The number of anilines is 1. The number of hydrogen-bond acceptors (Lipinski definition) is 20. The van der Waals surface area contributed by atoms with Crippen LogP contribution < -0.4 is 22.1 Å². The van der Waals surface area contributed by atoms with Crippen molar-refractivity contribution in [2.75, 3.05) is 37.8 Å². The maximum absolute atomic E-state index is 12.7. The van der Waals surface area contributed by atoms with Crippen LogP contribution in [0.1, 0.15) is 40.3 Å². The number of hydrogen-bond donors (Lipinski definition) is 11. The summed E-state index contributed by atoms with van der Waals surface area (Å²) in [7, 11) is -16.4. The molecule has 1 aliphatic heterocycles. The summed E-state index contributed by atoms with van der Waals surface area (Å²) < 4.78 is 61.3. The lowest BCUT2D eigenvalue weighted by Crippen LogP contribution is -2.46. The normalized spacial score (nSPS) is 22.6. The molecule has 2 aromatic heterocycles. The Kier molecular flexibility index (Phi) is 16.6. The molecular formula is C26H45N8O17P3S2. The zero-order valence-corrected chi connectivity index (χ0v) is 34.6. The summed E-state index contributed by atoms with van der Waals surface area (Å²) in [5.74, 6) is -1.28. The number of amides is 2. The second kappa shape index (κ2) is 19.3. The van der Waals surface area contributed by atoms with Gasteiger partial charge in [0.1, 0.15) is 36.3 Å². The van der Waals surface area contributed by atoms with Gasteiger partial charge < -0.3 is 56.6 Å². The minimum Gasteiger partial charge on any atom is -0.386 e. The number of aliphatic hydroxyl groups is 2. The number of carbonyl (C=O) groups excluding carboxylic acids is 3. The molecule has 1 fully saturated rings. The number of nitrogens with zero attached hydrogens (tertiary/aromatic N) is 4. The number of nitrogens with one attached hydrogen (secondary N) is 2. The first kappa shape index (κ1) is 48.2. The van der Waals surface area contributed by atoms with Crippen LogP contribution in [0.2, 0.25) is 0 Å². The number of aromatic nitrogens is 4. The van der Waals surface area contributed by atoms with Crippen molar-refractivity contribution in [3.05, 3.63) is 12.7 Å². The summed E-state index contributed by atoms with van der Waals surface area (Å²) >= 11 is 5.20. The highest BCUT2D eigenvalue weighted by atomic mass is 32.2. The number of nitrogens with two attached hydrogens (primary N) is 2. The number of imidazole rings is 1. The highest BCUT2D eigenvalue weighted by Gasteiger charge is 2.50. The van der Waals surface area contributed by atoms with E-state index in [-0.39, 0.29) is 47.4 Å². The third-order valence-corrected chi connectivity index (χ3v) is 12.1. The van der Waals surface area contributed by atoms with Gasteiger partial charge in [0.05, 0.1) is 25.6 Å². The molecule has 0 aromatic carbocycles. The molecule has 0 saturated carbocycles. The lowest BCUT2D eigenvalue weighted by molar-refractivity contribution is -0.137. The first-order chi connectivity index (χ1) is 25.6. The van der Waals surface area contributed by atoms with E-state index in [1.165, 1.54) is 13.8 Å². The van der Waals surface area contributed by atoms with Crippen LogP contribution in [0.4, 0.5) is 5.82 Å². The summed E-state index contributed by atoms with van der Waals surface area (Å²) in [4.78, 5) is 87.6. The largest absolute Gasteiger partial charge is 0.481 e. The molecule has 3 rings (SSSR count). The molecular weight excluding hydrogens is 853 g/mol. The lowest BCUT2D eigenvalue weighted by Gasteiger charge is -2.30. The number of thiol groups is 1. The van der Waals surface area contributed by atoms with Gasteiger partial charge in [-0.2, -0.15) is 16.9 Å². The van der Waals surface area contributed by atoms with Crippen LogP contribution in [-0.2, 0) is 50.7 Å². The van der Waals surface area contributed by atoms with Crippen molar-refractivity contribution in [2.45, 2.75) is 75.5 Å². The molecule has 318 valence electrons. The molecule has 7 unspecified atom stereocenters. The molecule has 1 saturated heterocycles. The number of thioether (sulfide) groups is 1. The van der Waals surface area contributed by atoms with Crippen molar-refractivity contribution >= 4 is 81.8 Å². The first-order valence-corrected chi connectivity index (χ1v) is 22.1. The summed E-state index contributed by atoms with van der Waals surface area (Å²) in [6.45, 7) is 3.74. The summed E-state index contributed by atoms with van der Waals surface area (Å²) in [5, 5.41) is 26.0. The molecule has 56 heavy (non-hydrogen) atoms. The van der Waals surface area contributed by atoms with Crippen molar-refractivity contribution in [2.24, 2.45) is 11.1 Å². The van der Waals surface area contributed by atoms with E-state index in [1.54, 1.807) is 13.8 Å². The predicted octanol–water partition coefficient (Wildman–Crippen LogP) is -1.30. The molecule has 2 aromatic rings. The molecule has 0 aliphatic carbocycles. The highest BCUT2D eigenvalue weighted by molar-refractivity contribution is 8.13. The molecule has 3 heterocycles. The topological polar surface area (TPSA) is 390 Å². The molecule has 0 radical (unpaired) electrons. The van der Waals surface area contributed by atoms with Crippen molar-refractivity contribution in [1.82, 2.24) is 30.2 Å². The Balaban J connectivity index is 1.49. The van der Waals surface area contributed by atoms with Gasteiger partial charge in [0.2, 0.25) is 16.9 Å². The fourth-order valence-corrected chi connectivity index (χ4v) is 8.57. The Bertz CT molecular complexity index is 1860. The summed E-state index contributed by atoms with van der Waals surface area (Å²) in [6.07, 6.45) is -6.99. The average molecular weight is 899 g/mol. The van der Waals surface area contributed by atoms with Gasteiger partial charge in [-0.3, -0.25) is 32.5 Å². The van der Waals surface area contributed by atoms with E-state index in [1.807, 2.05) is 0 Å². The smallest absolute Gasteiger partial charge is 0.386 e. The van der Waals surface area contributed by atoms with Crippen molar-refractivity contribution < 1.29 is 80.5 Å². The first-order valence-electron chi connectivity index (χ1n) is 16.2. The second-order valence-corrected chi connectivity index (χ2v) is 19.9. The zero-order valence-electron chi connectivity index (χ0n) is 30.2. The van der Waals surface area contributed by atoms with Crippen LogP contribution in [0, 0.1) is 5.41 Å². The van der Waals surface area contributed by atoms with Gasteiger partial charge in [-0.1, -0.05) is 25.6 Å². The molecule has 0 spiro atoms. The molecule has 0 bridgehead atoms. The Hall–Kier alpha value is -2.13. The minimum absolute atomic E-state index is 0.0262. The number of aliphatic hydroxyl groups excluding tert-OH is 2. The van der Waals surface area contributed by atoms with Crippen LogP contribution >= 0.6 is 47.9 Å². The van der Waals surface area contributed by atoms with Crippen molar-refractivity contribution in [1.29, 1.82) is 0 Å². The Labute approximate surface area is 328 Å². The average Bonchev–Trinajstić information content (AvgIpc) is 3.63. The summed E-state index contributed by atoms with van der Waals surface area (Å²) in [6, 6.07) is -0.816. The number of phosphoric acid groups is 3. The summed E-state index contributed by atoms with van der Waals surface area (Å²) in [5.41, 5.74) is 10.1. The van der Waals surface area contributed by atoms with Crippen LogP contribution in [0.15, 0.2) is 12.7 Å². The fraction of sp³-hybridized carbons (Fsp3) is 0.692. The molecule has 2 amide bonds. The molecule has 25 nitrogen and oxygen atoms in total. The van der Waals surface area contributed by atoms with E-state index in [2.05, 4.69) is 47.0 Å². The second-order valence-electron chi connectivity index (χ2n) is 13.4. The van der Waals surface area contributed by atoms with Crippen LogP contribution in [0.5, 0.6) is 0 Å². The van der Waals surface area contributed by atoms with Gasteiger partial charge in [-0.25, -0.2) is 28.6 Å². The molecule has 30 heteroatoms. The Morgan fingerprint density at radius 2 is 1.70 bits per heavy atom. The molecule has 1 aliphatic rings. The maximum Gasteiger partial charge on any atom is 0.481 e. The van der Waals surface area contributed by atoms with Crippen LogP contribution in [0.3, 0.4) is 0 Å². The van der Waals surface area contributed by atoms with Gasteiger partial charge in [0.25, 0.3) is 0 Å². The number of fused-ring (bicyclic) bond motifs is 1. The van der Waals surface area contributed by atoms with E-state index in [4.69, 9.17) is 25.3 Å². The van der Waals surface area contributed by atoms with E-state index in [0.717, 1.165) is 29.0 Å². The van der Waals surface area contributed by atoms with Gasteiger partial charge in [-0.05, 0) is 13.8 Å². The number of ether oxygens (including phenoxy) is 1. The highest BCUT2D eigenvalue weighted by Crippen LogP contribution is 2.61. The Morgan fingerprint density at radius 3 is 2.32 bits per heavy atom. The van der Waals surface area contributed by atoms with Crippen LogP contribution in [0.25, 0.3) is 11.2 Å². The fourth-order valence-electron chi connectivity index (χ4n) is 4.66. The number of nitrogen functional groups attached to an aromatic ring is 1. The van der Waals surface area contributed by atoms with E-state index < -0.39 is 95.3 Å².